The summed E-state index contributed by atoms with van der Waals surface area (Å²) in [6.07, 6.45) is 5.22. The summed E-state index contributed by atoms with van der Waals surface area (Å²) in [6, 6.07) is 4.91. The number of hydrogen-bond acceptors (Lipinski definition) is 4. The van der Waals surface area contributed by atoms with Crippen LogP contribution in [0, 0.1) is 0 Å². The molecule has 2 heterocycles. The Balaban J connectivity index is 1.83. The van der Waals surface area contributed by atoms with Crippen LogP contribution >= 0.6 is 0 Å². The number of aromatic nitrogens is 3. The Morgan fingerprint density at radius 1 is 1.38 bits per heavy atom. The van der Waals surface area contributed by atoms with Gasteiger partial charge in [0.25, 0.3) is 5.56 Å². The zero-order valence-electron chi connectivity index (χ0n) is 11.9. The zero-order chi connectivity index (χ0) is 15.1. The summed E-state index contributed by atoms with van der Waals surface area (Å²) in [4.78, 5) is 23.3. The number of anilines is 1. The number of amides is 1. The Morgan fingerprint density at radius 3 is 3.00 bits per heavy atom. The van der Waals surface area contributed by atoms with E-state index in [2.05, 4.69) is 10.4 Å². The third kappa shape index (κ3) is 4.57. The van der Waals surface area contributed by atoms with Gasteiger partial charge >= 0.3 is 0 Å². The van der Waals surface area contributed by atoms with Crippen LogP contribution in [0.25, 0.3) is 0 Å². The van der Waals surface area contributed by atoms with E-state index in [-0.39, 0.29) is 17.9 Å². The Bertz CT molecular complexity index is 647. The van der Waals surface area contributed by atoms with Crippen LogP contribution in [0.1, 0.15) is 6.42 Å². The molecule has 0 unspecified atom stereocenters. The average molecular weight is 290 g/mol. The fourth-order valence-corrected chi connectivity index (χ4v) is 1.83. The molecule has 0 aliphatic heterocycles. The second kappa shape index (κ2) is 7.39. The highest BCUT2D eigenvalue weighted by molar-refractivity contribution is 5.90. The molecule has 0 spiro atoms. The predicted octanol–water partition coefficient (Wildman–Crippen LogP) is 0.720. The maximum Gasteiger partial charge on any atom is 0.250 e. The molecule has 0 saturated carbocycles. The van der Waals surface area contributed by atoms with Gasteiger partial charge in [-0.2, -0.15) is 5.10 Å². The molecule has 1 N–H and O–H groups in total. The number of pyridine rings is 1. The molecule has 112 valence electrons. The monoisotopic (exact) mass is 290 g/mol. The van der Waals surface area contributed by atoms with E-state index in [0.29, 0.717) is 25.4 Å². The third-order valence-electron chi connectivity index (χ3n) is 2.92. The maximum absolute atomic E-state index is 11.8. The molecule has 0 fully saturated rings. The molecule has 0 aromatic carbocycles. The topological polar surface area (TPSA) is 78.1 Å². The summed E-state index contributed by atoms with van der Waals surface area (Å²) >= 11 is 0. The molecule has 21 heavy (non-hydrogen) atoms. The smallest absolute Gasteiger partial charge is 0.250 e. The number of nitrogens with zero attached hydrogens (tertiary/aromatic N) is 3. The summed E-state index contributed by atoms with van der Waals surface area (Å²) in [6.45, 7) is 1.54. The van der Waals surface area contributed by atoms with Crippen LogP contribution < -0.4 is 10.9 Å². The van der Waals surface area contributed by atoms with E-state index < -0.39 is 0 Å². The van der Waals surface area contributed by atoms with Crippen LogP contribution in [0.5, 0.6) is 0 Å². The summed E-state index contributed by atoms with van der Waals surface area (Å²) < 4.78 is 8.15. The number of carbonyl (C=O) groups excluding carboxylic acids is 1. The van der Waals surface area contributed by atoms with Gasteiger partial charge in [0.15, 0.2) is 0 Å². The normalized spacial score (nSPS) is 10.5. The number of rotatable bonds is 7. The lowest BCUT2D eigenvalue weighted by Gasteiger charge is -2.05. The van der Waals surface area contributed by atoms with E-state index in [9.17, 15) is 9.59 Å². The van der Waals surface area contributed by atoms with Crippen molar-refractivity contribution in [2.45, 2.75) is 19.5 Å². The zero-order valence-corrected chi connectivity index (χ0v) is 11.9. The van der Waals surface area contributed by atoms with Crippen molar-refractivity contribution in [1.82, 2.24) is 14.3 Å². The maximum atomic E-state index is 11.8. The van der Waals surface area contributed by atoms with E-state index in [0.717, 1.165) is 0 Å². The van der Waals surface area contributed by atoms with Gasteiger partial charge in [-0.15, -0.1) is 0 Å². The molecule has 7 heteroatoms. The lowest BCUT2D eigenvalue weighted by Crippen LogP contribution is -2.21. The summed E-state index contributed by atoms with van der Waals surface area (Å²) in [5.41, 5.74) is 0.522. The standard InChI is InChI=1S/C14H18N4O3/c1-21-9-8-18-11-12(10-15-18)16-13(19)5-7-17-6-3-2-4-14(17)20/h2-4,6,10-11H,5,7-9H2,1H3,(H,16,19). The van der Waals surface area contributed by atoms with Gasteiger partial charge in [0, 0.05) is 38.5 Å². The minimum absolute atomic E-state index is 0.113. The quantitative estimate of drug-likeness (QED) is 0.815. The Morgan fingerprint density at radius 2 is 2.24 bits per heavy atom. The van der Waals surface area contributed by atoms with Gasteiger partial charge in [-0.3, -0.25) is 14.3 Å². The molecular formula is C14H18N4O3. The van der Waals surface area contributed by atoms with Crippen molar-refractivity contribution in [1.29, 1.82) is 0 Å². The summed E-state index contributed by atoms with van der Waals surface area (Å²) in [7, 11) is 1.62. The van der Waals surface area contributed by atoms with E-state index >= 15 is 0 Å². The van der Waals surface area contributed by atoms with Crippen molar-refractivity contribution in [3.8, 4) is 0 Å². The predicted molar refractivity (Wildman–Crippen MR) is 78.1 cm³/mol. The molecule has 2 aromatic rings. The molecule has 0 saturated heterocycles. The molecule has 1 amide bonds. The van der Waals surface area contributed by atoms with Crippen molar-refractivity contribution in [3.05, 3.63) is 47.1 Å². The lowest BCUT2D eigenvalue weighted by molar-refractivity contribution is -0.116. The van der Waals surface area contributed by atoms with Crippen molar-refractivity contribution in [2.24, 2.45) is 0 Å². The molecule has 2 rings (SSSR count). The van der Waals surface area contributed by atoms with Crippen LogP contribution in [0.4, 0.5) is 5.69 Å². The molecule has 0 bridgehead atoms. The number of nitrogens with one attached hydrogen (secondary N) is 1. The largest absolute Gasteiger partial charge is 0.383 e. The fraction of sp³-hybridized carbons (Fsp3) is 0.357. The van der Waals surface area contributed by atoms with E-state index in [1.807, 2.05) is 0 Å². The molecule has 0 aliphatic rings. The Kier molecular flexibility index (Phi) is 5.28. The third-order valence-corrected chi connectivity index (χ3v) is 2.92. The van der Waals surface area contributed by atoms with E-state index in [1.165, 1.54) is 10.6 Å². The van der Waals surface area contributed by atoms with Crippen LogP contribution in [0.3, 0.4) is 0 Å². The van der Waals surface area contributed by atoms with Gasteiger partial charge in [0.2, 0.25) is 5.91 Å². The molecule has 7 nitrogen and oxygen atoms in total. The van der Waals surface area contributed by atoms with Gasteiger partial charge in [-0.1, -0.05) is 6.07 Å². The first kappa shape index (κ1) is 15.0. The van der Waals surface area contributed by atoms with Crippen molar-refractivity contribution in [2.75, 3.05) is 19.0 Å². The average Bonchev–Trinajstić information content (AvgIpc) is 2.91. The van der Waals surface area contributed by atoms with Crippen LogP contribution in [0.2, 0.25) is 0 Å². The van der Waals surface area contributed by atoms with E-state index in [4.69, 9.17) is 4.74 Å². The number of methoxy groups -OCH3 is 1. The Hall–Kier alpha value is -2.41. The van der Waals surface area contributed by atoms with Gasteiger partial charge in [0.1, 0.15) is 0 Å². The highest BCUT2D eigenvalue weighted by atomic mass is 16.5. The fourth-order valence-electron chi connectivity index (χ4n) is 1.83. The van der Waals surface area contributed by atoms with Gasteiger partial charge in [-0.25, -0.2) is 0 Å². The second-order valence-corrected chi connectivity index (χ2v) is 4.52. The highest BCUT2D eigenvalue weighted by Crippen LogP contribution is 2.05. The molecule has 0 radical (unpaired) electrons. The van der Waals surface area contributed by atoms with Crippen LogP contribution in [-0.4, -0.2) is 34.0 Å². The Labute approximate surface area is 122 Å². The molecule has 0 aliphatic carbocycles. The van der Waals surface area contributed by atoms with Gasteiger partial charge in [0.05, 0.1) is 25.0 Å². The molecular weight excluding hydrogens is 272 g/mol. The lowest BCUT2D eigenvalue weighted by atomic mass is 10.3. The van der Waals surface area contributed by atoms with Crippen LogP contribution in [0.15, 0.2) is 41.6 Å². The van der Waals surface area contributed by atoms with Crippen molar-refractivity contribution in [3.63, 3.8) is 0 Å². The minimum Gasteiger partial charge on any atom is -0.383 e. The number of carbonyl (C=O) groups is 1. The highest BCUT2D eigenvalue weighted by Gasteiger charge is 2.05. The first-order valence-corrected chi connectivity index (χ1v) is 6.66. The van der Waals surface area contributed by atoms with Crippen molar-refractivity contribution >= 4 is 11.6 Å². The number of ether oxygens (including phenoxy) is 1. The molecule has 2 aromatic heterocycles. The second-order valence-electron chi connectivity index (χ2n) is 4.52. The number of hydrogen-bond donors (Lipinski definition) is 1. The first-order chi connectivity index (χ1) is 10.2. The summed E-state index contributed by atoms with van der Waals surface area (Å²) in [5, 5.41) is 6.86. The SMILES string of the molecule is COCCn1cc(NC(=O)CCn2ccccc2=O)cn1. The van der Waals surface area contributed by atoms with Crippen molar-refractivity contribution < 1.29 is 9.53 Å². The summed E-state index contributed by atoms with van der Waals surface area (Å²) in [5.74, 6) is -0.156. The van der Waals surface area contributed by atoms with E-state index in [1.54, 1.807) is 42.5 Å². The van der Waals surface area contributed by atoms with Gasteiger partial charge < -0.3 is 14.6 Å². The number of aryl methyl sites for hydroxylation is 1. The van der Waals surface area contributed by atoms with Crippen LogP contribution in [-0.2, 0) is 22.6 Å². The van der Waals surface area contributed by atoms with Gasteiger partial charge in [-0.05, 0) is 6.07 Å². The minimum atomic E-state index is -0.156. The first-order valence-electron chi connectivity index (χ1n) is 6.66. The molecule has 0 atom stereocenters.